The Bertz CT molecular complexity index is 901. The highest BCUT2D eigenvalue weighted by Gasteiger charge is 2.12. The molecule has 0 fully saturated rings. The highest BCUT2D eigenvalue weighted by molar-refractivity contribution is 5.96. The van der Waals surface area contributed by atoms with Crippen LogP contribution in [-0.2, 0) is 9.59 Å². The van der Waals surface area contributed by atoms with Crippen molar-refractivity contribution in [2.75, 3.05) is 23.7 Å². The third-order valence-corrected chi connectivity index (χ3v) is 4.26. The van der Waals surface area contributed by atoms with Crippen LogP contribution < -0.4 is 16.0 Å². The smallest absolute Gasteiger partial charge is 0.271 e. The van der Waals surface area contributed by atoms with E-state index in [9.17, 15) is 19.7 Å². The van der Waals surface area contributed by atoms with Crippen molar-refractivity contribution in [2.24, 2.45) is 0 Å². The number of nitro groups is 1. The quantitative estimate of drug-likeness (QED) is 0.502. The average molecular weight is 384 g/mol. The van der Waals surface area contributed by atoms with Crippen LogP contribution in [0.1, 0.15) is 22.3 Å². The molecule has 0 aliphatic rings. The van der Waals surface area contributed by atoms with Gasteiger partial charge in [-0.25, -0.2) is 0 Å². The van der Waals surface area contributed by atoms with Crippen LogP contribution in [0.15, 0.2) is 30.3 Å². The van der Waals surface area contributed by atoms with Gasteiger partial charge < -0.3 is 16.0 Å². The predicted molar refractivity (Wildman–Crippen MR) is 109 cm³/mol. The minimum atomic E-state index is -0.496. The van der Waals surface area contributed by atoms with E-state index in [4.69, 9.17) is 0 Å². The zero-order chi connectivity index (χ0) is 20.8. The van der Waals surface area contributed by atoms with E-state index in [0.717, 1.165) is 27.9 Å². The molecule has 0 atom stereocenters. The van der Waals surface area contributed by atoms with Crippen molar-refractivity contribution in [1.29, 1.82) is 0 Å². The summed E-state index contributed by atoms with van der Waals surface area (Å²) in [6.45, 7) is 7.34. The van der Waals surface area contributed by atoms with Crippen LogP contribution in [-0.4, -0.2) is 29.8 Å². The van der Waals surface area contributed by atoms with E-state index in [-0.39, 0.29) is 24.7 Å². The number of non-ortho nitro benzene ring substituents is 1. The Morgan fingerprint density at radius 2 is 1.57 bits per heavy atom. The van der Waals surface area contributed by atoms with Crippen LogP contribution in [0.2, 0.25) is 0 Å². The summed E-state index contributed by atoms with van der Waals surface area (Å²) in [6.07, 6.45) is 0. The molecule has 8 heteroatoms. The molecule has 8 nitrogen and oxygen atoms in total. The number of benzene rings is 2. The molecule has 0 aromatic heterocycles. The van der Waals surface area contributed by atoms with E-state index < -0.39 is 10.8 Å². The Hall–Kier alpha value is -3.42. The van der Waals surface area contributed by atoms with Crippen molar-refractivity contribution in [3.63, 3.8) is 0 Å². The van der Waals surface area contributed by atoms with Gasteiger partial charge in [-0.2, -0.15) is 0 Å². The Kier molecular flexibility index (Phi) is 6.70. The molecule has 3 N–H and O–H groups in total. The van der Waals surface area contributed by atoms with Gasteiger partial charge in [0.05, 0.1) is 18.0 Å². The number of nitrogens with one attached hydrogen (secondary N) is 3. The van der Waals surface area contributed by atoms with E-state index >= 15 is 0 Å². The number of rotatable bonds is 7. The van der Waals surface area contributed by atoms with Gasteiger partial charge in [-0.15, -0.1) is 0 Å². The lowest BCUT2D eigenvalue weighted by Crippen LogP contribution is -2.36. The van der Waals surface area contributed by atoms with Crippen LogP contribution in [0.25, 0.3) is 0 Å². The lowest BCUT2D eigenvalue weighted by Gasteiger charge is -2.13. The Labute approximate surface area is 163 Å². The average Bonchev–Trinajstić information content (AvgIpc) is 2.62. The third-order valence-electron chi connectivity index (χ3n) is 4.26. The van der Waals surface area contributed by atoms with Gasteiger partial charge in [0.2, 0.25) is 11.8 Å². The van der Waals surface area contributed by atoms with Gasteiger partial charge in [-0.3, -0.25) is 19.7 Å². The van der Waals surface area contributed by atoms with Crippen molar-refractivity contribution in [3.05, 3.63) is 62.7 Å². The summed E-state index contributed by atoms with van der Waals surface area (Å²) in [7, 11) is 0. The Morgan fingerprint density at radius 3 is 2.18 bits per heavy atom. The van der Waals surface area contributed by atoms with Crippen molar-refractivity contribution in [1.82, 2.24) is 5.32 Å². The molecule has 0 unspecified atom stereocenters. The second-order valence-corrected chi connectivity index (χ2v) is 6.71. The molecule has 0 heterocycles. The number of nitro benzene ring substituents is 1. The monoisotopic (exact) mass is 384 g/mol. The minimum Gasteiger partial charge on any atom is -0.376 e. The summed E-state index contributed by atoms with van der Waals surface area (Å²) >= 11 is 0. The number of anilines is 2. The summed E-state index contributed by atoms with van der Waals surface area (Å²) in [6, 6.07) is 8.34. The molecule has 148 valence electrons. The minimum absolute atomic E-state index is 0.0586. The number of aryl methyl sites for hydroxylation is 4. The van der Waals surface area contributed by atoms with Gasteiger partial charge >= 0.3 is 0 Å². The van der Waals surface area contributed by atoms with E-state index in [0.29, 0.717) is 5.69 Å². The van der Waals surface area contributed by atoms with Crippen LogP contribution in [0.3, 0.4) is 0 Å². The number of carbonyl (C=O) groups excluding carboxylic acids is 2. The summed E-state index contributed by atoms with van der Waals surface area (Å²) in [5.41, 5.74) is 5.00. The largest absolute Gasteiger partial charge is 0.376 e. The van der Waals surface area contributed by atoms with E-state index in [2.05, 4.69) is 16.0 Å². The molecule has 0 radical (unpaired) electrons. The fraction of sp³-hybridized carbons (Fsp3) is 0.300. The highest BCUT2D eigenvalue weighted by Crippen LogP contribution is 2.22. The van der Waals surface area contributed by atoms with Gasteiger partial charge in [0, 0.05) is 23.5 Å². The molecule has 0 aliphatic heterocycles. The first kappa shape index (κ1) is 20.9. The maximum Gasteiger partial charge on any atom is 0.271 e. The SMILES string of the molecule is Cc1cc(C)c(NC(=O)CNC(=O)CNc2cc([N+](=O)[O-])ccc2C)c(C)c1. The van der Waals surface area contributed by atoms with Crippen molar-refractivity contribution >= 4 is 28.9 Å². The fourth-order valence-corrected chi connectivity index (χ4v) is 2.89. The summed E-state index contributed by atoms with van der Waals surface area (Å²) in [5.74, 6) is -0.715. The standard InChI is InChI=1S/C20H24N4O4/c1-12-7-14(3)20(15(4)8-12)23-19(26)11-22-18(25)10-21-17-9-16(24(27)28)6-5-13(17)2/h5-9,21H,10-11H2,1-4H3,(H,22,25)(H,23,26). The van der Waals surface area contributed by atoms with Crippen molar-refractivity contribution in [2.45, 2.75) is 27.7 Å². The molecule has 2 aromatic carbocycles. The number of nitrogens with zero attached hydrogens (tertiary/aromatic N) is 1. The summed E-state index contributed by atoms with van der Waals surface area (Å²) < 4.78 is 0. The Balaban J connectivity index is 1.87. The molecule has 0 saturated carbocycles. The normalized spacial score (nSPS) is 10.3. The summed E-state index contributed by atoms with van der Waals surface area (Å²) in [4.78, 5) is 34.5. The predicted octanol–water partition coefficient (Wildman–Crippen LogP) is 3.00. The van der Waals surface area contributed by atoms with Crippen molar-refractivity contribution < 1.29 is 14.5 Å². The second-order valence-electron chi connectivity index (χ2n) is 6.71. The first-order valence-corrected chi connectivity index (χ1v) is 8.80. The van der Waals surface area contributed by atoms with E-state index in [1.165, 1.54) is 12.1 Å². The van der Waals surface area contributed by atoms with Crippen molar-refractivity contribution in [3.8, 4) is 0 Å². The molecular formula is C20H24N4O4. The third kappa shape index (κ3) is 5.54. The van der Waals surface area contributed by atoms with Gasteiger partial charge in [-0.05, 0) is 44.4 Å². The molecular weight excluding hydrogens is 360 g/mol. The molecule has 0 saturated heterocycles. The van der Waals surface area contributed by atoms with Crippen LogP contribution in [0.4, 0.5) is 17.1 Å². The second kappa shape index (κ2) is 8.98. The molecule has 0 aliphatic carbocycles. The Morgan fingerprint density at radius 1 is 0.929 bits per heavy atom. The van der Waals surface area contributed by atoms with Crippen LogP contribution >= 0.6 is 0 Å². The maximum atomic E-state index is 12.1. The van der Waals surface area contributed by atoms with Gasteiger partial charge in [0.15, 0.2) is 0 Å². The first-order valence-electron chi connectivity index (χ1n) is 8.80. The van der Waals surface area contributed by atoms with Gasteiger partial charge in [0.1, 0.15) is 0 Å². The number of hydrogen-bond acceptors (Lipinski definition) is 5. The number of hydrogen-bond donors (Lipinski definition) is 3. The molecule has 2 amide bonds. The summed E-state index contributed by atoms with van der Waals surface area (Å²) in [5, 5.41) is 19.1. The van der Waals surface area contributed by atoms with Gasteiger partial charge in [-0.1, -0.05) is 23.8 Å². The van der Waals surface area contributed by atoms with Crippen LogP contribution in [0.5, 0.6) is 0 Å². The van der Waals surface area contributed by atoms with E-state index in [1.807, 2.05) is 32.9 Å². The zero-order valence-electron chi connectivity index (χ0n) is 16.4. The fourth-order valence-electron chi connectivity index (χ4n) is 2.89. The highest BCUT2D eigenvalue weighted by atomic mass is 16.6. The maximum absolute atomic E-state index is 12.1. The molecule has 2 rings (SSSR count). The lowest BCUT2D eigenvalue weighted by molar-refractivity contribution is -0.384. The molecule has 0 bridgehead atoms. The first-order chi connectivity index (χ1) is 13.2. The molecule has 0 spiro atoms. The molecule has 28 heavy (non-hydrogen) atoms. The van der Waals surface area contributed by atoms with Gasteiger partial charge in [0.25, 0.3) is 5.69 Å². The lowest BCUT2D eigenvalue weighted by atomic mass is 10.1. The number of carbonyl (C=O) groups is 2. The molecule has 2 aromatic rings. The zero-order valence-corrected chi connectivity index (χ0v) is 16.4. The topological polar surface area (TPSA) is 113 Å². The van der Waals surface area contributed by atoms with E-state index in [1.54, 1.807) is 13.0 Å². The number of amides is 2. The van der Waals surface area contributed by atoms with Crippen LogP contribution in [0, 0.1) is 37.8 Å².